The molecule has 0 aliphatic carbocycles. The number of aromatic nitrogens is 4. The monoisotopic (exact) mass is 393 g/mol. The molecule has 138 valence electrons. The number of hydrogen-bond acceptors (Lipinski definition) is 8. The molecule has 0 amide bonds. The summed E-state index contributed by atoms with van der Waals surface area (Å²) in [4.78, 5) is 17.7. The summed E-state index contributed by atoms with van der Waals surface area (Å²) in [7, 11) is 1.77. The Kier molecular flexibility index (Phi) is 9.81. The highest BCUT2D eigenvalue weighted by atomic mass is 35.5. The van der Waals surface area contributed by atoms with Crippen molar-refractivity contribution in [2.75, 3.05) is 12.4 Å². The number of carbonyl (C=O) groups excluding carboxylic acids is 1. The molecule has 0 aromatic carbocycles. The van der Waals surface area contributed by atoms with Crippen molar-refractivity contribution in [3.63, 3.8) is 0 Å². The summed E-state index contributed by atoms with van der Waals surface area (Å²) < 4.78 is 6.43. The average molecular weight is 394 g/mol. The lowest BCUT2D eigenvalue weighted by Gasteiger charge is -2.08. The molecule has 0 radical (unpaired) electrons. The molecule has 0 spiro atoms. The quantitative estimate of drug-likeness (QED) is 0.722. The Balaban J connectivity index is 0.000000313. The lowest BCUT2D eigenvalue weighted by Crippen LogP contribution is -2.05. The Bertz CT molecular complexity index is 769. The van der Waals surface area contributed by atoms with E-state index in [1.807, 2.05) is 44.9 Å². The van der Waals surface area contributed by atoms with Crippen molar-refractivity contribution in [1.82, 2.24) is 20.2 Å². The first-order valence-electron chi connectivity index (χ1n) is 7.50. The Morgan fingerprint density at radius 2 is 2.04 bits per heavy atom. The highest BCUT2D eigenvalue weighted by molar-refractivity contribution is 7.16. The first kappa shape index (κ1) is 21.5. The lowest BCUT2D eigenvalue weighted by molar-refractivity contribution is -0.0979. The van der Waals surface area contributed by atoms with Gasteiger partial charge in [-0.2, -0.15) is 10.2 Å². The van der Waals surface area contributed by atoms with Gasteiger partial charge < -0.3 is 14.8 Å². The number of nitrogens with one attached hydrogen (secondary N) is 1. The molecule has 9 heteroatoms. The average Bonchev–Trinajstić information content (AvgIpc) is 3.06. The van der Waals surface area contributed by atoms with Crippen molar-refractivity contribution < 1.29 is 9.53 Å². The predicted octanol–water partition coefficient (Wildman–Crippen LogP) is 3.72. The first-order chi connectivity index (χ1) is 12.6. The fraction of sp³-hybridized carbons (Fsp3) is 0.235. The van der Waals surface area contributed by atoms with Gasteiger partial charge in [0.1, 0.15) is 19.1 Å². The Hall–Kier alpha value is -2.58. The normalized spacial score (nSPS) is 9.23. The standard InChI is InChI=1S/C11H13N5O.C5H5ClS.CH2O/c1-8-6-13-10(12-2)11(15-8)17-7-9-4-3-5-14-16-9;1-4-2-3-5(6)7-4;1-2/h3-6H,7H2,1-2H3,(H,12,13);2-3H,1H3;1H2. The second-order valence-electron chi connectivity index (χ2n) is 4.77. The van der Waals surface area contributed by atoms with E-state index in [-0.39, 0.29) is 0 Å². The summed E-state index contributed by atoms with van der Waals surface area (Å²) in [6, 6.07) is 7.57. The van der Waals surface area contributed by atoms with Crippen molar-refractivity contribution in [1.29, 1.82) is 0 Å². The molecular weight excluding hydrogens is 374 g/mol. The van der Waals surface area contributed by atoms with Crippen LogP contribution in [0.4, 0.5) is 5.82 Å². The lowest BCUT2D eigenvalue weighted by atomic mass is 10.4. The van der Waals surface area contributed by atoms with Gasteiger partial charge in [-0.05, 0) is 38.1 Å². The molecule has 3 heterocycles. The van der Waals surface area contributed by atoms with Crippen LogP contribution in [0.15, 0.2) is 36.7 Å². The van der Waals surface area contributed by atoms with E-state index in [1.54, 1.807) is 30.8 Å². The maximum Gasteiger partial charge on any atom is 0.258 e. The maximum atomic E-state index is 8.00. The van der Waals surface area contributed by atoms with Gasteiger partial charge in [-0.25, -0.2) is 9.97 Å². The van der Waals surface area contributed by atoms with Crippen LogP contribution >= 0.6 is 22.9 Å². The number of ether oxygens (including phenoxy) is 1. The van der Waals surface area contributed by atoms with E-state index in [2.05, 4.69) is 25.5 Å². The van der Waals surface area contributed by atoms with Gasteiger partial charge in [0.05, 0.1) is 16.2 Å². The largest absolute Gasteiger partial charge is 0.468 e. The smallest absolute Gasteiger partial charge is 0.258 e. The number of aryl methyl sites for hydroxylation is 2. The van der Waals surface area contributed by atoms with Gasteiger partial charge in [-0.1, -0.05) is 11.6 Å². The minimum atomic E-state index is 0.320. The van der Waals surface area contributed by atoms with Crippen molar-refractivity contribution in [3.05, 3.63) is 57.3 Å². The SMILES string of the molecule is C=O.CNc1ncc(C)nc1OCc1cccnn1.Cc1ccc(Cl)s1. The summed E-state index contributed by atoms with van der Waals surface area (Å²) in [6.07, 6.45) is 3.30. The van der Waals surface area contributed by atoms with E-state index in [9.17, 15) is 0 Å². The minimum absolute atomic E-state index is 0.320. The van der Waals surface area contributed by atoms with Crippen LogP contribution in [0, 0.1) is 13.8 Å². The molecule has 0 aliphatic rings. The Morgan fingerprint density at radius 3 is 2.54 bits per heavy atom. The molecule has 0 fully saturated rings. The molecule has 3 aromatic heterocycles. The number of halogens is 1. The van der Waals surface area contributed by atoms with Gasteiger partial charge >= 0.3 is 0 Å². The maximum absolute atomic E-state index is 8.00. The Labute approximate surface area is 161 Å². The van der Waals surface area contributed by atoms with Gasteiger partial charge in [0.25, 0.3) is 5.88 Å². The molecule has 1 N–H and O–H groups in total. The highest BCUT2D eigenvalue weighted by Crippen LogP contribution is 2.20. The minimum Gasteiger partial charge on any atom is -0.468 e. The molecule has 0 saturated heterocycles. The van der Waals surface area contributed by atoms with Crippen molar-refractivity contribution in [3.8, 4) is 5.88 Å². The molecule has 26 heavy (non-hydrogen) atoms. The molecule has 7 nitrogen and oxygen atoms in total. The molecule has 0 aliphatic heterocycles. The van der Waals surface area contributed by atoms with Crippen molar-refractivity contribution >= 4 is 35.5 Å². The zero-order chi connectivity index (χ0) is 19.4. The first-order valence-corrected chi connectivity index (χ1v) is 8.69. The number of thiophene rings is 1. The molecule has 3 rings (SSSR count). The molecule has 0 unspecified atom stereocenters. The molecule has 0 saturated carbocycles. The third-order valence-electron chi connectivity index (χ3n) is 2.79. The summed E-state index contributed by atoms with van der Waals surface area (Å²) in [5, 5.41) is 10.6. The Morgan fingerprint density at radius 1 is 1.27 bits per heavy atom. The van der Waals surface area contributed by atoms with E-state index in [1.165, 1.54) is 4.88 Å². The number of rotatable bonds is 4. The zero-order valence-corrected chi connectivity index (χ0v) is 16.3. The van der Waals surface area contributed by atoms with Gasteiger partial charge in [0.2, 0.25) is 0 Å². The highest BCUT2D eigenvalue weighted by Gasteiger charge is 2.06. The van der Waals surface area contributed by atoms with Crippen LogP contribution in [0.1, 0.15) is 16.3 Å². The van der Waals surface area contributed by atoms with E-state index in [4.69, 9.17) is 21.1 Å². The number of anilines is 1. The van der Waals surface area contributed by atoms with Crippen molar-refractivity contribution in [2.45, 2.75) is 20.5 Å². The van der Waals surface area contributed by atoms with E-state index in [0.29, 0.717) is 18.3 Å². The second-order valence-corrected chi connectivity index (χ2v) is 6.69. The second kappa shape index (κ2) is 11.9. The summed E-state index contributed by atoms with van der Waals surface area (Å²) in [5.74, 6) is 1.08. The molecule has 3 aromatic rings. The van der Waals surface area contributed by atoms with Crippen LogP contribution in [0.2, 0.25) is 4.34 Å². The third kappa shape index (κ3) is 7.54. The number of hydrogen-bond donors (Lipinski definition) is 1. The van der Waals surface area contributed by atoms with E-state index >= 15 is 0 Å². The van der Waals surface area contributed by atoms with E-state index < -0.39 is 0 Å². The molecular formula is C17H20ClN5O2S. The van der Waals surface area contributed by atoms with Gasteiger partial charge in [-0.3, -0.25) is 0 Å². The van der Waals surface area contributed by atoms with Crippen LogP contribution in [0.25, 0.3) is 0 Å². The van der Waals surface area contributed by atoms with Crippen molar-refractivity contribution in [2.24, 2.45) is 0 Å². The van der Waals surface area contributed by atoms with Crippen LogP contribution < -0.4 is 10.1 Å². The number of nitrogens with zero attached hydrogens (tertiary/aromatic N) is 4. The fourth-order valence-electron chi connectivity index (χ4n) is 1.68. The summed E-state index contributed by atoms with van der Waals surface area (Å²) in [6.45, 7) is 6.22. The summed E-state index contributed by atoms with van der Waals surface area (Å²) in [5.41, 5.74) is 1.55. The van der Waals surface area contributed by atoms with Crippen LogP contribution in [-0.2, 0) is 11.4 Å². The van der Waals surface area contributed by atoms with Gasteiger partial charge in [0.15, 0.2) is 5.82 Å². The number of carbonyl (C=O) groups is 1. The third-order valence-corrected chi connectivity index (χ3v) is 3.94. The topological polar surface area (TPSA) is 89.9 Å². The predicted molar refractivity (Wildman–Crippen MR) is 104 cm³/mol. The van der Waals surface area contributed by atoms with Crippen LogP contribution in [-0.4, -0.2) is 34.0 Å². The van der Waals surface area contributed by atoms with Crippen LogP contribution in [0.3, 0.4) is 0 Å². The molecule has 0 atom stereocenters. The van der Waals surface area contributed by atoms with E-state index in [0.717, 1.165) is 15.7 Å². The summed E-state index contributed by atoms with van der Waals surface area (Å²) >= 11 is 7.19. The fourth-order valence-corrected chi connectivity index (χ4v) is 2.69. The molecule has 0 bridgehead atoms. The van der Waals surface area contributed by atoms with Gasteiger partial charge in [-0.15, -0.1) is 11.3 Å². The van der Waals surface area contributed by atoms with Gasteiger partial charge in [0, 0.05) is 18.1 Å². The zero-order valence-electron chi connectivity index (χ0n) is 14.8. The van der Waals surface area contributed by atoms with Crippen LogP contribution in [0.5, 0.6) is 5.88 Å².